The summed E-state index contributed by atoms with van der Waals surface area (Å²) in [6, 6.07) is 6.75. The Bertz CT molecular complexity index is 513. The van der Waals surface area contributed by atoms with Gasteiger partial charge in [0.05, 0.1) is 17.1 Å². The molecule has 0 unspecified atom stereocenters. The molecule has 0 bridgehead atoms. The molecule has 112 valence electrons. The molecule has 0 radical (unpaired) electrons. The summed E-state index contributed by atoms with van der Waals surface area (Å²) in [6.45, 7) is 4.61. The van der Waals surface area contributed by atoms with Crippen LogP contribution in [0.1, 0.15) is 38.2 Å². The topological polar surface area (TPSA) is 52.6 Å². The van der Waals surface area contributed by atoms with Crippen molar-refractivity contribution in [1.29, 1.82) is 0 Å². The summed E-state index contributed by atoms with van der Waals surface area (Å²) in [6.07, 6.45) is 3.22. The Balaban J connectivity index is 1.94. The molecule has 1 aromatic rings. The molecule has 0 saturated heterocycles. The summed E-state index contributed by atoms with van der Waals surface area (Å²) >= 11 is 0. The van der Waals surface area contributed by atoms with Gasteiger partial charge >= 0.3 is 0 Å². The number of ether oxygens (including phenoxy) is 1. The Kier molecular flexibility index (Phi) is 5.18. The lowest BCUT2D eigenvalue weighted by Crippen LogP contribution is -2.28. The molecular formula is C15H22O4S. The molecule has 1 fully saturated rings. The highest BCUT2D eigenvalue weighted by atomic mass is 32.2. The van der Waals surface area contributed by atoms with E-state index >= 15 is 0 Å². The van der Waals surface area contributed by atoms with Gasteiger partial charge in [0.2, 0.25) is 0 Å². The van der Waals surface area contributed by atoms with Crippen LogP contribution >= 0.6 is 0 Å². The summed E-state index contributed by atoms with van der Waals surface area (Å²) < 4.78 is 35.2. The third-order valence-electron chi connectivity index (χ3n) is 3.60. The first-order chi connectivity index (χ1) is 9.51. The molecule has 1 aromatic carbocycles. The van der Waals surface area contributed by atoms with E-state index in [-0.39, 0.29) is 17.1 Å². The van der Waals surface area contributed by atoms with Crippen molar-refractivity contribution in [2.75, 3.05) is 6.61 Å². The smallest absolute Gasteiger partial charge is 0.297 e. The van der Waals surface area contributed by atoms with Crippen LogP contribution in [0.3, 0.4) is 0 Å². The fourth-order valence-electron chi connectivity index (χ4n) is 2.47. The van der Waals surface area contributed by atoms with E-state index in [2.05, 4.69) is 0 Å². The molecule has 0 spiro atoms. The van der Waals surface area contributed by atoms with Gasteiger partial charge in [0.1, 0.15) is 0 Å². The van der Waals surface area contributed by atoms with Gasteiger partial charge in [-0.1, -0.05) is 17.7 Å². The standard InChI is InChI=1S/C15H22O4S/c1-3-18-13-6-8-14(9-7-13)19-20(16,17)15-10-4-12(2)5-11-15/h4-5,10-11,13-14H,3,6-9H2,1-2H3. The van der Waals surface area contributed by atoms with Gasteiger partial charge in [-0.25, -0.2) is 0 Å². The quantitative estimate of drug-likeness (QED) is 0.784. The number of rotatable bonds is 5. The predicted molar refractivity (Wildman–Crippen MR) is 77.1 cm³/mol. The minimum Gasteiger partial charge on any atom is -0.379 e. The average molecular weight is 298 g/mol. The van der Waals surface area contributed by atoms with Crippen LogP contribution in [0.5, 0.6) is 0 Å². The van der Waals surface area contributed by atoms with Crippen LogP contribution in [-0.4, -0.2) is 27.2 Å². The second kappa shape index (κ2) is 6.70. The van der Waals surface area contributed by atoms with Gasteiger partial charge in [0, 0.05) is 6.61 Å². The van der Waals surface area contributed by atoms with Crippen molar-refractivity contribution in [3.63, 3.8) is 0 Å². The molecule has 4 nitrogen and oxygen atoms in total. The predicted octanol–water partition coefficient (Wildman–Crippen LogP) is 3.05. The van der Waals surface area contributed by atoms with E-state index in [4.69, 9.17) is 8.92 Å². The number of hydrogen-bond donors (Lipinski definition) is 0. The first-order valence-electron chi connectivity index (χ1n) is 7.13. The normalized spacial score (nSPS) is 23.7. The second-order valence-corrected chi connectivity index (χ2v) is 6.79. The van der Waals surface area contributed by atoms with E-state index in [1.54, 1.807) is 24.3 Å². The van der Waals surface area contributed by atoms with Crippen molar-refractivity contribution in [2.24, 2.45) is 0 Å². The Hall–Kier alpha value is -0.910. The molecule has 1 saturated carbocycles. The van der Waals surface area contributed by atoms with Crippen LogP contribution < -0.4 is 0 Å². The maximum Gasteiger partial charge on any atom is 0.297 e. The number of aryl methyl sites for hydroxylation is 1. The molecule has 0 amide bonds. The molecule has 20 heavy (non-hydrogen) atoms. The summed E-state index contributed by atoms with van der Waals surface area (Å²) in [5, 5.41) is 0. The molecule has 0 aromatic heterocycles. The average Bonchev–Trinajstić information content (AvgIpc) is 2.41. The maximum atomic E-state index is 12.2. The Morgan fingerprint density at radius 2 is 1.60 bits per heavy atom. The van der Waals surface area contributed by atoms with Gasteiger partial charge in [-0.2, -0.15) is 8.42 Å². The highest BCUT2D eigenvalue weighted by molar-refractivity contribution is 7.86. The van der Waals surface area contributed by atoms with Gasteiger partial charge in [-0.3, -0.25) is 4.18 Å². The minimum atomic E-state index is -3.65. The monoisotopic (exact) mass is 298 g/mol. The van der Waals surface area contributed by atoms with Crippen LogP contribution in [0.2, 0.25) is 0 Å². The van der Waals surface area contributed by atoms with Crippen molar-refractivity contribution in [3.05, 3.63) is 29.8 Å². The van der Waals surface area contributed by atoms with Gasteiger partial charge in [0.25, 0.3) is 10.1 Å². The van der Waals surface area contributed by atoms with Crippen molar-refractivity contribution >= 4 is 10.1 Å². The summed E-state index contributed by atoms with van der Waals surface area (Å²) in [5.41, 5.74) is 1.03. The molecule has 0 atom stereocenters. The van der Waals surface area contributed by atoms with Crippen LogP contribution in [0.25, 0.3) is 0 Å². The zero-order valence-electron chi connectivity index (χ0n) is 12.0. The Labute approximate surface area is 121 Å². The lowest BCUT2D eigenvalue weighted by atomic mass is 9.95. The highest BCUT2D eigenvalue weighted by Crippen LogP contribution is 2.26. The molecule has 1 aliphatic rings. The summed E-state index contributed by atoms with van der Waals surface area (Å²) in [7, 11) is -3.65. The van der Waals surface area contributed by atoms with Gasteiger partial charge in [-0.15, -0.1) is 0 Å². The number of benzene rings is 1. The molecular weight excluding hydrogens is 276 g/mol. The van der Waals surface area contributed by atoms with Crippen molar-refractivity contribution in [1.82, 2.24) is 0 Å². The van der Waals surface area contributed by atoms with Crippen LogP contribution in [0, 0.1) is 6.92 Å². The molecule has 0 heterocycles. The SMILES string of the molecule is CCOC1CCC(OS(=O)(=O)c2ccc(C)cc2)CC1. The highest BCUT2D eigenvalue weighted by Gasteiger charge is 2.27. The first kappa shape index (κ1) is 15.5. The Morgan fingerprint density at radius 3 is 2.15 bits per heavy atom. The Morgan fingerprint density at radius 1 is 1.05 bits per heavy atom. The third-order valence-corrected chi connectivity index (χ3v) is 4.97. The molecule has 0 aliphatic heterocycles. The van der Waals surface area contributed by atoms with E-state index in [9.17, 15) is 8.42 Å². The fraction of sp³-hybridized carbons (Fsp3) is 0.600. The summed E-state index contributed by atoms with van der Waals surface area (Å²) in [5.74, 6) is 0. The van der Waals surface area contributed by atoms with E-state index in [1.165, 1.54) is 0 Å². The third kappa shape index (κ3) is 4.04. The van der Waals surface area contributed by atoms with E-state index in [0.29, 0.717) is 6.61 Å². The van der Waals surface area contributed by atoms with E-state index < -0.39 is 10.1 Å². The van der Waals surface area contributed by atoms with Gasteiger partial charge in [0.15, 0.2) is 0 Å². The second-order valence-electron chi connectivity index (χ2n) is 5.22. The first-order valence-corrected chi connectivity index (χ1v) is 8.53. The van der Waals surface area contributed by atoms with E-state index in [1.807, 2.05) is 13.8 Å². The van der Waals surface area contributed by atoms with Crippen molar-refractivity contribution in [3.8, 4) is 0 Å². The van der Waals surface area contributed by atoms with Crippen LogP contribution in [0.15, 0.2) is 29.2 Å². The van der Waals surface area contributed by atoms with Crippen molar-refractivity contribution in [2.45, 2.75) is 56.6 Å². The number of hydrogen-bond acceptors (Lipinski definition) is 4. The molecule has 2 rings (SSSR count). The molecule has 1 aliphatic carbocycles. The lowest BCUT2D eigenvalue weighted by molar-refractivity contribution is 0.0101. The lowest BCUT2D eigenvalue weighted by Gasteiger charge is -2.27. The van der Waals surface area contributed by atoms with Crippen molar-refractivity contribution < 1.29 is 17.3 Å². The fourth-order valence-corrected chi connectivity index (χ4v) is 3.60. The zero-order valence-corrected chi connectivity index (χ0v) is 12.9. The van der Waals surface area contributed by atoms with Crippen LogP contribution in [0.4, 0.5) is 0 Å². The van der Waals surface area contributed by atoms with E-state index in [0.717, 1.165) is 31.2 Å². The van der Waals surface area contributed by atoms with Gasteiger partial charge < -0.3 is 4.74 Å². The zero-order chi connectivity index (χ0) is 14.6. The molecule has 0 N–H and O–H groups in total. The van der Waals surface area contributed by atoms with Gasteiger partial charge in [-0.05, 0) is 51.7 Å². The maximum absolute atomic E-state index is 12.2. The van der Waals surface area contributed by atoms with Crippen LogP contribution in [-0.2, 0) is 19.0 Å². The largest absolute Gasteiger partial charge is 0.379 e. The minimum absolute atomic E-state index is 0.224. The molecule has 5 heteroatoms. The summed E-state index contributed by atoms with van der Waals surface area (Å²) in [4.78, 5) is 0.232.